The van der Waals surface area contributed by atoms with Crippen LogP contribution in [0.15, 0.2) is 36.5 Å². The van der Waals surface area contributed by atoms with Crippen LogP contribution in [0.2, 0.25) is 0 Å². The molecule has 3 saturated heterocycles. The van der Waals surface area contributed by atoms with Crippen molar-refractivity contribution in [1.29, 1.82) is 0 Å². The zero-order chi connectivity index (χ0) is 45.4. The highest BCUT2D eigenvalue weighted by Gasteiger charge is 2.53. The van der Waals surface area contributed by atoms with Crippen LogP contribution in [0.25, 0.3) is 10.9 Å². The van der Waals surface area contributed by atoms with Gasteiger partial charge in [-0.3, -0.25) is 19.4 Å². The summed E-state index contributed by atoms with van der Waals surface area (Å²) in [5, 5.41) is 62.1. The Labute approximate surface area is 359 Å². The molecule has 17 atom stereocenters. The minimum Gasteiger partial charge on any atom is -0.459 e. The van der Waals surface area contributed by atoms with Crippen molar-refractivity contribution < 1.29 is 63.6 Å². The molecule has 61 heavy (non-hydrogen) atoms. The minimum absolute atomic E-state index is 0.0968. The number of hydrogen-bond acceptors (Lipinski definition) is 14. The minimum atomic E-state index is -2.20. The number of para-hydroxylation sites is 1. The van der Waals surface area contributed by atoms with Gasteiger partial charge < -0.3 is 54.5 Å². The SMILES string of the molecule is CC1CC(C)C(O)C(O[C@@H]2[C@@H](C)[C@H](OC3CC(C)(C)C(O)C(C)O3)[C@@H](C)C(=O)O[C@H](CCNC(=O)c3cnc4ccccc4c3)[C@@](C)(O)[C@H](O)[C@@H](C)C(=O)[C@H](C)C[C@@]2(C)O)O1. The molecule has 15 nitrogen and oxygen atoms in total. The second kappa shape index (κ2) is 19.3. The number of nitrogens with one attached hydrogen (secondary N) is 1. The van der Waals surface area contributed by atoms with Crippen LogP contribution in [0.1, 0.15) is 112 Å². The summed E-state index contributed by atoms with van der Waals surface area (Å²) in [5.74, 6) is -6.08. The summed E-state index contributed by atoms with van der Waals surface area (Å²) in [6.07, 6.45) is -8.50. The topological polar surface area (TPSA) is 223 Å². The Morgan fingerprint density at radius 1 is 0.902 bits per heavy atom. The number of aliphatic hydroxyl groups excluding tert-OH is 3. The fraction of sp³-hybridized carbons (Fsp3) is 0.739. The van der Waals surface area contributed by atoms with E-state index in [0.29, 0.717) is 12.0 Å². The van der Waals surface area contributed by atoms with Crippen molar-refractivity contribution in [2.24, 2.45) is 35.0 Å². The molecule has 0 spiro atoms. The lowest BCUT2D eigenvalue weighted by atomic mass is 9.74. The number of hydrogen-bond donors (Lipinski definition) is 6. The molecule has 7 unspecified atom stereocenters. The first-order valence-electron chi connectivity index (χ1n) is 21.8. The smallest absolute Gasteiger partial charge is 0.311 e. The molecular weight excluding hydrogens is 789 g/mol. The van der Waals surface area contributed by atoms with E-state index in [-0.39, 0.29) is 37.8 Å². The number of pyridine rings is 1. The highest BCUT2D eigenvalue weighted by atomic mass is 16.7. The Kier molecular flexibility index (Phi) is 15.5. The van der Waals surface area contributed by atoms with Crippen LogP contribution in [0.3, 0.4) is 0 Å². The molecule has 3 aliphatic heterocycles. The molecule has 5 rings (SSSR count). The van der Waals surface area contributed by atoms with E-state index in [0.717, 1.165) is 10.9 Å². The molecule has 342 valence electrons. The summed E-state index contributed by atoms with van der Waals surface area (Å²) < 4.78 is 31.7. The Morgan fingerprint density at radius 3 is 2.25 bits per heavy atom. The number of rotatable bonds is 8. The lowest BCUT2D eigenvalue weighted by molar-refractivity contribution is -0.312. The molecule has 0 radical (unpaired) electrons. The van der Waals surface area contributed by atoms with Crippen molar-refractivity contribution in [2.75, 3.05) is 6.54 Å². The van der Waals surface area contributed by atoms with Crippen LogP contribution < -0.4 is 5.32 Å². The fourth-order valence-electron chi connectivity index (χ4n) is 9.67. The van der Waals surface area contributed by atoms with Gasteiger partial charge in [-0.15, -0.1) is 0 Å². The van der Waals surface area contributed by atoms with E-state index >= 15 is 0 Å². The third kappa shape index (κ3) is 11.0. The molecule has 1 aromatic heterocycles. The van der Waals surface area contributed by atoms with Crippen molar-refractivity contribution >= 4 is 28.6 Å². The number of benzene rings is 1. The Hall–Kier alpha value is -3.12. The molecule has 3 aliphatic rings. The number of carbonyl (C=O) groups is 3. The zero-order valence-electron chi connectivity index (χ0n) is 37.6. The molecular formula is C46H70N2O13. The van der Waals surface area contributed by atoms with Crippen LogP contribution in [0.5, 0.6) is 0 Å². The average molecular weight is 859 g/mol. The van der Waals surface area contributed by atoms with E-state index in [4.69, 9.17) is 23.7 Å². The second-order valence-electron chi connectivity index (χ2n) is 19.4. The number of aromatic nitrogens is 1. The molecule has 15 heteroatoms. The van der Waals surface area contributed by atoms with Gasteiger partial charge in [-0.25, -0.2) is 0 Å². The average Bonchev–Trinajstić information content (AvgIpc) is 3.19. The first-order valence-corrected chi connectivity index (χ1v) is 21.8. The van der Waals surface area contributed by atoms with Gasteiger partial charge in [0.25, 0.3) is 5.91 Å². The first kappa shape index (κ1) is 48.9. The van der Waals surface area contributed by atoms with Gasteiger partial charge in [-0.1, -0.05) is 59.7 Å². The number of fused-ring (bicyclic) bond motifs is 1. The van der Waals surface area contributed by atoms with E-state index in [1.807, 2.05) is 52.0 Å². The number of amides is 1. The lowest BCUT2D eigenvalue weighted by Gasteiger charge is -2.48. The van der Waals surface area contributed by atoms with Gasteiger partial charge in [0.05, 0.1) is 59.2 Å². The van der Waals surface area contributed by atoms with E-state index in [2.05, 4.69) is 10.3 Å². The summed E-state index contributed by atoms with van der Waals surface area (Å²) >= 11 is 0. The summed E-state index contributed by atoms with van der Waals surface area (Å²) in [6, 6.07) is 9.05. The molecule has 1 aromatic carbocycles. The fourth-order valence-corrected chi connectivity index (χ4v) is 9.67. The molecule has 0 aliphatic carbocycles. The van der Waals surface area contributed by atoms with E-state index < -0.39 is 113 Å². The summed E-state index contributed by atoms with van der Waals surface area (Å²) in [5.41, 5.74) is -3.66. The number of ketones is 1. The van der Waals surface area contributed by atoms with Crippen LogP contribution in [0.4, 0.5) is 0 Å². The molecule has 3 fully saturated rings. The summed E-state index contributed by atoms with van der Waals surface area (Å²) in [7, 11) is 0. The van der Waals surface area contributed by atoms with Crippen LogP contribution in [-0.4, -0.2) is 127 Å². The number of ether oxygens (including phenoxy) is 5. The Balaban J connectivity index is 1.52. The molecule has 0 bridgehead atoms. The van der Waals surface area contributed by atoms with Crippen molar-refractivity contribution in [1.82, 2.24) is 10.3 Å². The maximum atomic E-state index is 14.6. The van der Waals surface area contributed by atoms with Crippen LogP contribution >= 0.6 is 0 Å². The van der Waals surface area contributed by atoms with Crippen molar-refractivity contribution in [3.8, 4) is 0 Å². The molecule has 0 saturated carbocycles. The van der Waals surface area contributed by atoms with Gasteiger partial charge >= 0.3 is 5.97 Å². The number of aliphatic hydroxyl groups is 5. The Bertz CT molecular complexity index is 1840. The van der Waals surface area contributed by atoms with Gasteiger partial charge in [-0.2, -0.15) is 0 Å². The van der Waals surface area contributed by atoms with Crippen molar-refractivity contribution in [2.45, 2.75) is 174 Å². The lowest BCUT2D eigenvalue weighted by Crippen LogP contribution is -2.59. The second-order valence-corrected chi connectivity index (χ2v) is 19.4. The van der Waals surface area contributed by atoms with E-state index in [1.54, 1.807) is 33.8 Å². The first-order chi connectivity index (χ1) is 28.3. The maximum Gasteiger partial charge on any atom is 0.311 e. The number of nitrogens with zero attached hydrogens (tertiary/aromatic N) is 1. The van der Waals surface area contributed by atoms with Crippen LogP contribution in [-0.2, 0) is 33.3 Å². The van der Waals surface area contributed by atoms with Crippen molar-refractivity contribution in [3.05, 3.63) is 42.1 Å². The van der Waals surface area contributed by atoms with Gasteiger partial charge in [0, 0.05) is 48.7 Å². The highest BCUT2D eigenvalue weighted by molar-refractivity contribution is 5.97. The number of carbonyl (C=O) groups excluding carboxylic acids is 3. The van der Waals surface area contributed by atoms with Gasteiger partial charge in [0.2, 0.25) is 0 Å². The van der Waals surface area contributed by atoms with E-state index in [1.165, 1.54) is 27.0 Å². The summed E-state index contributed by atoms with van der Waals surface area (Å²) in [6.45, 7) is 18.3. The predicted octanol–water partition coefficient (Wildman–Crippen LogP) is 4.07. The van der Waals surface area contributed by atoms with E-state index in [9.17, 15) is 39.9 Å². The number of cyclic esters (lactones) is 1. The predicted molar refractivity (Wildman–Crippen MR) is 225 cm³/mol. The molecule has 6 N–H and O–H groups in total. The van der Waals surface area contributed by atoms with Crippen LogP contribution in [0, 0.1) is 35.0 Å². The molecule has 2 aromatic rings. The van der Waals surface area contributed by atoms with Crippen molar-refractivity contribution in [3.63, 3.8) is 0 Å². The van der Waals surface area contributed by atoms with Gasteiger partial charge in [-0.05, 0) is 70.9 Å². The molecule has 4 heterocycles. The third-order valence-corrected chi connectivity index (χ3v) is 13.5. The summed E-state index contributed by atoms with van der Waals surface area (Å²) in [4.78, 5) is 46.3. The largest absolute Gasteiger partial charge is 0.459 e. The number of esters is 1. The monoisotopic (exact) mass is 858 g/mol. The Morgan fingerprint density at radius 2 is 1.57 bits per heavy atom. The quantitative estimate of drug-likeness (QED) is 0.206. The van der Waals surface area contributed by atoms with Gasteiger partial charge in [0.1, 0.15) is 23.6 Å². The zero-order valence-corrected chi connectivity index (χ0v) is 37.6. The maximum absolute atomic E-state index is 14.6. The normalized spacial score (nSPS) is 41.7. The standard InChI is InChI=1S/C46H70N2O13/c1-23-18-25(3)57-43(36(23)50)61-40-27(5)37(60-34-21-44(8,9)39(52)29(7)58-34)28(6)42(54)59-33(46(11,56)38(51)26(4)35(49)24(2)20-45(40,10)55)16-17-47-41(53)31-19-30-14-12-13-15-32(30)48-22-31/h12-15,19,22-29,33-34,36-40,43,50-52,55-56H,16-18,20-21H2,1-11H3,(H,47,53)/t23?,24-,25?,26+,27+,28-,29?,33-,34?,36?,37+,38-,39?,40-,43?,45-,46-/m1/s1. The number of Topliss-reactive ketones (excluding diaryl/α,β-unsaturated/α-hetero) is 1. The van der Waals surface area contributed by atoms with Gasteiger partial charge in [0.15, 0.2) is 12.6 Å². The molecule has 1 amide bonds. The highest BCUT2D eigenvalue weighted by Crippen LogP contribution is 2.42. The third-order valence-electron chi connectivity index (χ3n) is 13.5.